The number of carboxylic acids is 1. The fraction of sp³-hybridized carbons (Fsp3) is 0.238. The Hall–Kier alpha value is -3.08. The Morgan fingerprint density at radius 2 is 1.92 bits per heavy atom. The van der Waals surface area contributed by atoms with Gasteiger partial charge < -0.3 is 14.6 Å². The Labute approximate surface area is 151 Å². The van der Waals surface area contributed by atoms with Crippen molar-refractivity contribution in [1.82, 2.24) is 9.47 Å². The normalized spacial score (nSPS) is 13.9. The van der Waals surface area contributed by atoms with Crippen molar-refractivity contribution in [2.75, 3.05) is 13.6 Å². The third-order valence-corrected chi connectivity index (χ3v) is 5.13. The van der Waals surface area contributed by atoms with Crippen molar-refractivity contribution in [3.8, 4) is 0 Å². The summed E-state index contributed by atoms with van der Waals surface area (Å²) in [5.74, 6) is -0.940. The first-order chi connectivity index (χ1) is 12.6. The van der Waals surface area contributed by atoms with Gasteiger partial charge in [-0.25, -0.2) is 4.79 Å². The fourth-order valence-electron chi connectivity index (χ4n) is 3.73. The van der Waals surface area contributed by atoms with Crippen LogP contribution in [0.3, 0.4) is 0 Å². The van der Waals surface area contributed by atoms with Gasteiger partial charge in [0.25, 0.3) is 5.91 Å². The average Bonchev–Trinajstić information content (AvgIpc) is 2.97. The summed E-state index contributed by atoms with van der Waals surface area (Å²) >= 11 is 0. The molecular formula is C21H20N2O3. The van der Waals surface area contributed by atoms with E-state index >= 15 is 0 Å². The lowest BCUT2D eigenvalue weighted by Gasteiger charge is -2.24. The number of aromatic carboxylic acids is 1. The lowest BCUT2D eigenvalue weighted by Crippen LogP contribution is -2.35. The summed E-state index contributed by atoms with van der Waals surface area (Å²) in [7, 11) is 1.81. The Morgan fingerprint density at radius 3 is 2.65 bits per heavy atom. The Morgan fingerprint density at radius 1 is 1.15 bits per heavy atom. The van der Waals surface area contributed by atoms with Gasteiger partial charge in [-0.15, -0.1) is 0 Å². The maximum atomic E-state index is 12.8. The standard InChI is InChI=1S/C21H20N2O3/c1-22-11-10-16-17-13-15(21(25)26)7-8-18(17)23(19(16)20(22)24)12-9-14-5-3-2-4-6-14/h2-8,13H,9-12H2,1H3,(H,25,26). The van der Waals surface area contributed by atoms with E-state index in [1.807, 2.05) is 31.3 Å². The van der Waals surface area contributed by atoms with Gasteiger partial charge in [0, 0.05) is 31.0 Å². The molecule has 5 nitrogen and oxygen atoms in total. The number of hydrogen-bond acceptors (Lipinski definition) is 2. The van der Waals surface area contributed by atoms with Gasteiger partial charge in [0.2, 0.25) is 0 Å². The summed E-state index contributed by atoms with van der Waals surface area (Å²) in [5.41, 5.74) is 4.07. The zero-order chi connectivity index (χ0) is 18.3. The summed E-state index contributed by atoms with van der Waals surface area (Å²) in [5, 5.41) is 10.2. The van der Waals surface area contributed by atoms with Gasteiger partial charge in [-0.3, -0.25) is 4.79 Å². The molecule has 26 heavy (non-hydrogen) atoms. The third kappa shape index (κ3) is 2.65. The maximum Gasteiger partial charge on any atom is 0.335 e. The summed E-state index contributed by atoms with van der Waals surface area (Å²) in [6.07, 6.45) is 1.56. The first-order valence-corrected chi connectivity index (χ1v) is 8.74. The first-order valence-electron chi connectivity index (χ1n) is 8.74. The minimum Gasteiger partial charge on any atom is -0.478 e. The number of hydrogen-bond donors (Lipinski definition) is 1. The molecule has 0 saturated heterocycles. The highest BCUT2D eigenvalue weighted by Gasteiger charge is 2.29. The first kappa shape index (κ1) is 16.4. The molecule has 0 unspecified atom stereocenters. The molecule has 132 valence electrons. The van der Waals surface area contributed by atoms with E-state index in [4.69, 9.17) is 0 Å². The topological polar surface area (TPSA) is 62.5 Å². The molecule has 5 heteroatoms. The van der Waals surface area contributed by atoms with Gasteiger partial charge in [0.05, 0.1) is 5.56 Å². The van der Waals surface area contributed by atoms with Crippen LogP contribution in [0.15, 0.2) is 48.5 Å². The van der Waals surface area contributed by atoms with Crippen LogP contribution >= 0.6 is 0 Å². The largest absolute Gasteiger partial charge is 0.478 e. The number of fused-ring (bicyclic) bond motifs is 3. The molecule has 2 aromatic carbocycles. The molecule has 0 atom stereocenters. The predicted molar refractivity (Wildman–Crippen MR) is 99.7 cm³/mol. The van der Waals surface area contributed by atoms with E-state index in [2.05, 4.69) is 16.7 Å². The van der Waals surface area contributed by atoms with Crippen molar-refractivity contribution in [3.05, 3.63) is 70.9 Å². The van der Waals surface area contributed by atoms with Crippen molar-refractivity contribution >= 4 is 22.8 Å². The molecule has 4 rings (SSSR count). The molecule has 1 aliphatic heterocycles. The molecule has 1 amide bonds. The van der Waals surface area contributed by atoms with Crippen LogP contribution in [0.5, 0.6) is 0 Å². The smallest absolute Gasteiger partial charge is 0.335 e. The number of aromatic nitrogens is 1. The highest BCUT2D eigenvalue weighted by atomic mass is 16.4. The second-order valence-corrected chi connectivity index (χ2v) is 6.73. The minimum absolute atomic E-state index is 0.00684. The molecule has 1 aliphatic rings. The van der Waals surface area contributed by atoms with Gasteiger partial charge in [-0.2, -0.15) is 0 Å². The quantitative estimate of drug-likeness (QED) is 0.787. The Balaban J connectivity index is 1.84. The summed E-state index contributed by atoms with van der Waals surface area (Å²) < 4.78 is 2.06. The van der Waals surface area contributed by atoms with E-state index in [-0.39, 0.29) is 11.5 Å². The highest BCUT2D eigenvalue weighted by Crippen LogP contribution is 2.31. The van der Waals surface area contributed by atoms with E-state index in [0.717, 1.165) is 29.3 Å². The van der Waals surface area contributed by atoms with Gasteiger partial charge in [-0.1, -0.05) is 30.3 Å². The second-order valence-electron chi connectivity index (χ2n) is 6.73. The second kappa shape index (κ2) is 6.33. The molecule has 0 radical (unpaired) electrons. The van der Waals surface area contributed by atoms with Crippen molar-refractivity contribution in [1.29, 1.82) is 0 Å². The SMILES string of the molecule is CN1CCc2c(n(CCc3ccccc3)c3ccc(C(=O)O)cc23)C1=O. The lowest BCUT2D eigenvalue weighted by atomic mass is 10.0. The Bertz CT molecular complexity index is 1010. The number of nitrogens with zero attached hydrogens (tertiary/aromatic N) is 2. The van der Waals surface area contributed by atoms with Crippen molar-refractivity contribution < 1.29 is 14.7 Å². The van der Waals surface area contributed by atoms with Gasteiger partial charge >= 0.3 is 5.97 Å². The molecule has 0 bridgehead atoms. The van der Waals surface area contributed by atoms with E-state index in [1.165, 1.54) is 5.56 Å². The number of rotatable bonds is 4. The van der Waals surface area contributed by atoms with Crippen LogP contribution in [0.1, 0.15) is 32.0 Å². The van der Waals surface area contributed by atoms with Gasteiger partial charge in [0.1, 0.15) is 5.69 Å². The van der Waals surface area contributed by atoms with Gasteiger partial charge in [-0.05, 0) is 42.2 Å². The van der Waals surface area contributed by atoms with Crippen LogP contribution < -0.4 is 0 Å². The molecule has 1 aromatic heterocycles. The van der Waals surface area contributed by atoms with Crippen LogP contribution in [0, 0.1) is 0 Å². The van der Waals surface area contributed by atoms with Crippen molar-refractivity contribution in [2.24, 2.45) is 0 Å². The zero-order valence-corrected chi connectivity index (χ0v) is 14.6. The fourth-order valence-corrected chi connectivity index (χ4v) is 3.73. The minimum atomic E-state index is -0.947. The van der Waals surface area contributed by atoms with Crippen molar-refractivity contribution in [3.63, 3.8) is 0 Å². The van der Waals surface area contributed by atoms with E-state index in [1.54, 1.807) is 17.0 Å². The van der Waals surface area contributed by atoms with Crippen LogP contribution in [-0.2, 0) is 19.4 Å². The molecule has 0 saturated carbocycles. The summed E-state index contributed by atoms with van der Waals surface area (Å²) in [6, 6.07) is 15.3. The molecule has 0 spiro atoms. The van der Waals surface area contributed by atoms with E-state index < -0.39 is 5.97 Å². The van der Waals surface area contributed by atoms with E-state index in [0.29, 0.717) is 18.8 Å². The molecular weight excluding hydrogens is 328 g/mol. The highest BCUT2D eigenvalue weighted by molar-refractivity contribution is 6.04. The van der Waals surface area contributed by atoms with Crippen LogP contribution in [0.25, 0.3) is 10.9 Å². The van der Waals surface area contributed by atoms with Crippen LogP contribution in [0.4, 0.5) is 0 Å². The predicted octanol–water partition coefficient (Wildman–Crippen LogP) is 3.21. The number of benzene rings is 2. The molecule has 2 heterocycles. The molecule has 0 aliphatic carbocycles. The molecule has 1 N–H and O–H groups in total. The number of carbonyl (C=O) groups is 2. The number of amides is 1. The monoisotopic (exact) mass is 348 g/mol. The Kier molecular flexibility index (Phi) is 3.99. The van der Waals surface area contributed by atoms with Crippen LogP contribution in [0.2, 0.25) is 0 Å². The zero-order valence-electron chi connectivity index (χ0n) is 14.6. The molecule has 0 fully saturated rings. The average molecular weight is 348 g/mol. The summed E-state index contributed by atoms with van der Waals surface area (Å²) in [4.78, 5) is 25.9. The van der Waals surface area contributed by atoms with E-state index in [9.17, 15) is 14.7 Å². The number of aryl methyl sites for hydroxylation is 2. The molecule has 3 aromatic rings. The van der Waals surface area contributed by atoms with Gasteiger partial charge in [0.15, 0.2) is 0 Å². The lowest BCUT2D eigenvalue weighted by molar-refractivity contribution is 0.0696. The summed E-state index contributed by atoms with van der Waals surface area (Å²) in [6.45, 7) is 1.34. The number of carboxylic acid groups (broad SMARTS) is 1. The van der Waals surface area contributed by atoms with Crippen LogP contribution in [-0.4, -0.2) is 40.0 Å². The number of likely N-dealkylation sites (N-methyl/N-ethyl adjacent to an activating group) is 1. The number of carbonyl (C=O) groups excluding carboxylic acids is 1. The third-order valence-electron chi connectivity index (χ3n) is 5.13. The van der Waals surface area contributed by atoms with Crippen molar-refractivity contribution in [2.45, 2.75) is 19.4 Å². The maximum absolute atomic E-state index is 12.8.